The Kier molecular flexibility index (Phi) is 5.04. The molecule has 0 bridgehead atoms. The first kappa shape index (κ1) is 13.7. The Labute approximate surface area is 119 Å². The number of hydrogen-bond acceptors (Lipinski definition) is 3. The van der Waals surface area contributed by atoms with Gasteiger partial charge in [-0.2, -0.15) is 0 Å². The Morgan fingerprint density at radius 1 is 1.05 bits per heavy atom. The van der Waals surface area contributed by atoms with E-state index in [1.54, 1.807) is 0 Å². The van der Waals surface area contributed by atoms with Crippen LogP contribution in [0.25, 0.3) is 10.6 Å². The van der Waals surface area contributed by atoms with Crippen molar-refractivity contribution in [1.82, 2.24) is 10.3 Å². The molecule has 98 valence electrons. The predicted molar refractivity (Wildman–Crippen MR) is 84.7 cm³/mol. The van der Waals surface area contributed by atoms with Crippen LogP contribution in [-0.4, -0.2) is 17.8 Å². The Hall–Kier alpha value is -1.74. The number of rotatable bonds is 5. The highest BCUT2D eigenvalue weighted by atomic mass is 32.2. The highest BCUT2D eigenvalue weighted by Gasteiger charge is 2.10. The van der Waals surface area contributed by atoms with Crippen molar-refractivity contribution in [3.63, 3.8) is 0 Å². The van der Waals surface area contributed by atoms with E-state index in [9.17, 15) is 0 Å². The van der Waals surface area contributed by atoms with E-state index in [1.165, 1.54) is 10.5 Å². The number of benzene rings is 1. The number of pyridine rings is 1. The van der Waals surface area contributed by atoms with E-state index in [4.69, 9.17) is 0 Å². The predicted octanol–water partition coefficient (Wildman–Crippen LogP) is 3.88. The van der Waals surface area contributed by atoms with Gasteiger partial charge in [0, 0.05) is 29.9 Å². The smallest absolute Gasteiger partial charge is 0.0556 e. The summed E-state index contributed by atoms with van der Waals surface area (Å²) in [5.74, 6) is 1.04. The monoisotopic (exact) mass is 270 g/mol. The van der Waals surface area contributed by atoms with Gasteiger partial charge in [0.1, 0.15) is 0 Å². The van der Waals surface area contributed by atoms with E-state index in [1.807, 2.05) is 49.4 Å². The third-order valence-electron chi connectivity index (χ3n) is 2.77. The molecule has 0 saturated carbocycles. The zero-order valence-electron chi connectivity index (χ0n) is 11.3. The molecule has 1 aromatic heterocycles. The molecule has 0 unspecified atom stereocenters. The summed E-state index contributed by atoms with van der Waals surface area (Å²) in [6.07, 6.45) is 3.65. The topological polar surface area (TPSA) is 24.9 Å². The molecule has 0 aliphatic carbocycles. The quantitative estimate of drug-likeness (QED) is 0.892. The minimum Gasteiger partial charge on any atom is -0.387 e. The van der Waals surface area contributed by atoms with Crippen LogP contribution in [0.5, 0.6) is 0 Å². The van der Waals surface area contributed by atoms with E-state index < -0.39 is 0 Å². The molecule has 1 N–H and O–H groups in total. The summed E-state index contributed by atoms with van der Waals surface area (Å²) in [4.78, 5) is 5.36. The molecule has 0 aliphatic heterocycles. The average Bonchev–Trinajstić information content (AvgIpc) is 2.49. The van der Waals surface area contributed by atoms with Gasteiger partial charge in [0.2, 0.25) is 0 Å². The summed E-state index contributed by atoms with van der Waals surface area (Å²) >= 11 is 1.85. The van der Waals surface area contributed by atoms with Crippen LogP contribution in [-0.2, 0) is 0 Å². The van der Waals surface area contributed by atoms with Gasteiger partial charge >= 0.3 is 0 Å². The molecule has 0 aliphatic rings. The number of aromatic nitrogens is 1. The van der Waals surface area contributed by atoms with Gasteiger partial charge in [-0.15, -0.1) is 11.8 Å². The largest absolute Gasteiger partial charge is 0.387 e. The van der Waals surface area contributed by atoms with Crippen molar-refractivity contribution >= 4 is 22.4 Å². The Bertz CT molecular complexity index is 535. The normalized spacial score (nSPS) is 11.9. The van der Waals surface area contributed by atoms with Gasteiger partial charge in [-0.3, -0.25) is 4.98 Å². The highest BCUT2D eigenvalue weighted by molar-refractivity contribution is 8.08. The van der Waals surface area contributed by atoms with Gasteiger partial charge in [0.15, 0.2) is 0 Å². The van der Waals surface area contributed by atoms with Crippen LogP contribution in [0.1, 0.15) is 18.1 Å². The fourth-order valence-electron chi connectivity index (χ4n) is 1.94. The third-order valence-corrected chi connectivity index (χ3v) is 3.79. The number of nitrogens with one attached hydrogen (secondary N) is 1. The second-order valence-electron chi connectivity index (χ2n) is 3.99. The first-order chi connectivity index (χ1) is 9.36. The van der Waals surface area contributed by atoms with E-state index in [-0.39, 0.29) is 0 Å². The van der Waals surface area contributed by atoms with Crippen LogP contribution < -0.4 is 5.32 Å². The lowest BCUT2D eigenvalue weighted by Gasteiger charge is -2.15. The van der Waals surface area contributed by atoms with E-state index in [0.717, 1.165) is 17.0 Å². The molecule has 3 heteroatoms. The van der Waals surface area contributed by atoms with Gasteiger partial charge in [-0.25, -0.2) is 0 Å². The van der Waals surface area contributed by atoms with Crippen molar-refractivity contribution in [2.45, 2.75) is 6.92 Å². The maximum atomic E-state index is 4.08. The lowest BCUT2D eigenvalue weighted by Crippen LogP contribution is -2.07. The Morgan fingerprint density at radius 2 is 1.74 bits per heavy atom. The highest BCUT2D eigenvalue weighted by Crippen LogP contribution is 2.33. The van der Waals surface area contributed by atoms with Crippen molar-refractivity contribution in [1.29, 1.82) is 0 Å². The average molecular weight is 270 g/mol. The van der Waals surface area contributed by atoms with Crippen LogP contribution >= 0.6 is 11.8 Å². The molecular weight excluding hydrogens is 252 g/mol. The fraction of sp³-hybridized carbons (Fsp3) is 0.188. The number of thioether (sulfide) groups is 1. The summed E-state index contributed by atoms with van der Waals surface area (Å²) in [5.41, 5.74) is 3.56. The van der Waals surface area contributed by atoms with Crippen molar-refractivity contribution in [2.75, 3.05) is 12.8 Å². The minimum absolute atomic E-state index is 1.04. The number of nitrogens with zero attached hydrogens (tertiary/aromatic N) is 1. The Morgan fingerprint density at radius 3 is 2.32 bits per heavy atom. The Balaban J connectivity index is 2.53. The molecule has 19 heavy (non-hydrogen) atoms. The standard InChI is InChI=1S/C16H18N2S/c1-3-19-16(14-7-5-4-6-8-14)15(17-2)13-9-11-18-12-10-13/h4-12,17H,3H2,1-2H3/b16-15-. The van der Waals surface area contributed by atoms with Gasteiger partial charge in [0.25, 0.3) is 0 Å². The second-order valence-corrected chi connectivity index (χ2v) is 5.26. The first-order valence-corrected chi connectivity index (χ1v) is 7.36. The second kappa shape index (κ2) is 7.00. The molecule has 0 amide bonds. The van der Waals surface area contributed by atoms with Crippen LogP contribution in [0.2, 0.25) is 0 Å². The van der Waals surface area contributed by atoms with E-state index in [0.29, 0.717) is 0 Å². The summed E-state index contributed by atoms with van der Waals surface area (Å²) < 4.78 is 0. The van der Waals surface area contributed by atoms with Crippen LogP contribution in [0.4, 0.5) is 0 Å². The zero-order chi connectivity index (χ0) is 13.5. The molecule has 0 saturated heterocycles. The lowest BCUT2D eigenvalue weighted by molar-refractivity contribution is 1.13. The third kappa shape index (κ3) is 3.38. The maximum absolute atomic E-state index is 4.08. The van der Waals surface area contributed by atoms with E-state index in [2.05, 4.69) is 41.5 Å². The lowest BCUT2D eigenvalue weighted by atomic mass is 10.1. The molecule has 2 rings (SSSR count). The van der Waals surface area contributed by atoms with E-state index >= 15 is 0 Å². The van der Waals surface area contributed by atoms with Crippen molar-refractivity contribution in [2.24, 2.45) is 0 Å². The van der Waals surface area contributed by atoms with Gasteiger partial charge in [-0.05, 0) is 23.4 Å². The SMILES string of the molecule is CCS/C(=C(\NC)c1ccncc1)c1ccccc1. The summed E-state index contributed by atoms with van der Waals surface area (Å²) in [6, 6.07) is 14.6. The maximum Gasteiger partial charge on any atom is 0.0556 e. The summed E-state index contributed by atoms with van der Waals surface area (Å²) in [5, 5.41) is 3.33. The molecule has 0 radical (unpaired) electrons. The van der Waals surface area contributed by atoms with Crippen LogP contribution in [0.3, 0.4) is 0 Å². The molecule has 0 spiro atoms. The van der Waals surface area contributed by atoms with Gasteiger partial charge in [0.05, 0.1) is 5.70 Å². The molecule has 2 aromatic rings. The molecule has 1 aromatic carbocycles. The van der Waals surface area contributed by atoms with Gasteiger partial charge in [-0.1, -0.05) is 37.3 Å². The fourth-order valence-corrected chi connectivity index (χ4v) is 2.90. The molecule has 0 fully saturated rings. The van der Waals surface area contributed by atoms with Gasteiger partial charge < -0.3 is 5.32 Å². The molecule has 0 atom stereocenters. The summed E-state index contributed by atoms with van der Waals surface area (Å²) in [7, 11) is 1.97. The molecule has 1 heterocycles. The number of hydrogen-bond donors (Lipinski definition) is 1. The van der Waals surface area contributed by atoms with Crippen LogP contribution in [0.15, 0.2) is 54.9 Å². The molecule has 2 nitrogen and oxygen atoms in total. The zero-order valence-corrected chi connectivity index (χ0v) is 12.1. The van der Waals surface area contributed by atoms with Crippen molar-refractivity contribution in [3.8, 4) is 0 Å². The minimum atomic E-state index is 1.04. The van der Waals surface area contributed by atoms with Crippen molar-refractivity contribution in [3.05, 3.63) is 66.0 Å². The van der Waals surface area contributed by atoms with Crippen molar-refractivity contribution < 1.29 is 0 Å². The van der Waals surface area contributed by atoms with Crippen LogP contribution in [0, 0.1) is 0 Å². The molecular formula is C16H18N2S. The summed E-state index contributed by atoms with van der Waals surface area (Å²) in [6.45, 7) is 2.17. The first-order valence-electron chi connectivity index (χ1n) is 6.37.